The Kier molecular flexibility index (Phi) is 3.78. The largest absolute Gasteiger partial charge is 0.508 e. The van der Waals surface area contributed by atoms with Crippen LogP contribution in [0.4, 0.5) is 0 Å². The molecular formula is C17H18N2O. The molecule has 0 amide bonds. The molecule has 0 atom stereocenters. The van der Waals surface area contributed by atoms with E-state index in [1.807, 2.05) is 44.2 Å². The smallest absolute Gasteiger partial charge is 0.115 e. The van der Waals surface area contributed by atoms with Crippen molar-refractivity contribution in [3.8, 4) is 22.9 Å². The van der Waals surface area contributed by atoms with E-state index in [2.05, 4.69) is 6.07 Å². The first-order valence-corrected chi connectivity index (χ1v) is 6.51. The zero-order chi connectivity index (χ0) is 14.8. The van der Waals surface area contributed by atoms with Crippen molar-refractivity contribution in [2.75, 3.05) is 0 Å². The molecule has 0 fully saturated rings. The van der Waals surface area contributed by atoms with Gasteiger partial charge in [-0.2, -0.15) is 5.26 Å². The van der Waals surface area contributed by atoms with Crippen molar-refractivity contribution in [3.05, 3.63) is 53.6 Å². The second kappa shape index (κ2) is 5.36. The van der Waals surface area contributed by atoms with Crippen LogP contribution < -0.4 is 5.73 Å². The van der Waals surface area contributed by atoms with Crippen molar-refractivity contribution in [3.63, 3.8) is 0 Å². The molecule has 0 aromatic heterocycles. The van der Waals surface area contributed by atoms with Crippen LogP contribution in [0.15, 0.2) is 42.5 Å². The molecule has 0 saturated carbocycles. The Balaban J connectivity index is 2.57. The highest BCUT2D eigenvalue weighted by molar-refractivity contribution is 5.66. The topological polar surface area (TPSA) is 70.0 Å². The SMILES string of the molecule is CC(C)(C#N)c1cc(CN)cc(-c2ccc(O)cc2)c1. The second-order valence-electron chi connectivity index (χ2n) is 5.41. The van der Waals surface area contributed by atoms with Crippen molar-refractivity contribution in [1.82, 2.24) is 0 Å². The first kappa shape index (κ1) is 14.1. The van der Waals surface area contributed by atoms with Crippen LogP contribution >= 0.6 is 0 Å². The molecule has 0 aliphatic carbocycles. The van der Waals surface area contributed by atoms with Gasteiger partial charge in [0.15, 0.2) is 0 Å². The lowest BCUT2D eigenvalue weighted by atomic mass is 9.83. The highest BCUT2D eigenvalue weighted by atomic mass is 16.3. The van der Waals surface area contributed by atoms with Crippen molar-refractivity contribution >= 4 is 0 Å². The van der Waals surface area contributed by atoms with E-state index in [-0.39, 0.29) is 5.75 Å². The van der Waals surface area contributed by atoms with E-state index in [1.54, 1.807) is 12.1 Å². The number of hydrogen-bond acceptors (Lipinski definition) is 3. The number of phenolic OH excluding ortho intramolecular Hbond substituents is 1. The predicted octanol–water partition coefficient (Wildman–Crippen LogP) is 3.32. The lowest BCUT2D eigenvalue weighted by Gasteiger charge is -2.18. The minimum absolute atomic E-state index is 0.237. The molecular weight excluding hydrogens is 248 g/mol. The number of aromatic hydroxyl groups is 1. The third-order valence-electron chi connectivity index (χ3n) is 3.43. The fourth-order valence-corrected chi connectivity index (χ4v) is 2.06. The Morgan fingerprint density at radius 3 is 2.30 bits per heavy atom. The molecule has 0 heterocycles. The quantitative estimate of drug-likeness (QED) is 0.895. The normalized spacial score (nSPS) is 11.1. The van der Waals surface area contributed by atoms with Crippen molar-refractivity contribution < 1.29 is 5.11 Å². The molecule has 0 radical (unpaired) electrons. The fourth-order valence-electron chi connectivity index (χ4n) is 2.06. The molecule has 0 aliphatic heterocycles. The van der Waals surface area contributed by atoms with Gasteiger partial charge < -0.3 is 10.8 Å². The van der Waals surface area contributed by atoms with Gasteiger partial charge in [0.25, 0.3) is 0 Å². The molecule has 102 valence electrons. The van der Waals surface area contributed by atoms with Crippen LogP contribution in [-0.4, -0.2) is 5.11 Å². The second-order valence-corrected chi connectivity index (χ2v) is 5.41. The zero-order valence-corrected chi connectivity index (χ0v) is 11.7. The molecule has 0 bridgehead atoms. The summed E-state index contributed by atoms with van der Waals surface area (Å²) < 4.78 is 0. The molecule has 20 heavy (non-hydrogen) atoms. The van der Waals surface area contributed by atoms with Gasteiger partial charge in [0.05, 0.1) is 11.5 Å². The van der Waals surface area contributed by atoms with Gasteiger partial charge in [0, 0.05) is 6.54 Å². The van der Waals surface area contributed by atoms with Crippen LogP contribution in [0.2, 0.25) is 0 Å². The summed E-state index contributed by atoms with van der Waals surface area (Å²) in [7, 11) is 0. The van der Waals surface area contributed by atoms with Crippen LogP contribution in [0, 0.1) is 11.3 Å². The molecule has 0 saturated heterocycles. The number of hydrogen-bond donors (Lipinski definition) is 2. The first-order chi connectivity index (χ1) is 9.46. The highest BCUT2D eigenvalue weighted by Crippen LogP contribution is 2.30. The third kappa shape index (κ3) is 2.81. The van der Waals surface area contributed by atoms with Crippen molar-refractivity contribution in [1.29, 1.82) is 5.26 Å². The molecule has 3 N–H and O–H groups in total. The summed E-state index contributed by atoms with van der Waals surface area (Å²) in [5.74, 6) is 0.237. The van der Waals surface area contributed by atoms with E-state index in [0.29, 0.717) is 6.54 Å². The minimum atomic E-state index is -0.559. The summed E-state index contributed by atoms with van der Waals surface area (Å²) >= 11 is 0. The monoisotopic (exact) mass is 266 g/mol. The van der Waals surface area contributed by atoms with Gasteiger partial charge in [-0.05, 0) is 60.4 Å². The molecule has 0 aliphatic rings. The third-order valence-corrected chi connectivity index (χ3v) is 3.43. The van der Waals surface area contributed by atoms with E-state index in [9.17, 15) is 10.4 Å². The van der Waals surface area contributed by atoms with Crippen LogP contribution in [0.1, 0.15) is 25.0 Å². The average Bonchev–Trinajstić information content (AvgIpc) is 2.47. The summed E-state index contributed by atoms with van der Waals surface area (Å²) in [5, 5.41) is 18.7. The van der Waals surface area contributed by atoms with Gasteiger partial charge in [-0.25, -0.2) is 0 Å². The maximum atomic E-state index is 9.36. The Morgan fingerprint density at radius 2 is 1.75 bits per heavy atom. The molecule has 2 aromatic carbocycles. The Morgan fingerprint density at radius 1 is 1.10 bits per heavy atom. The van der Waals surface area contributed by atoms with Gasteiger partial charge >= 0.3 is 0 Å². The molecule has 3 nitrogen and oxygen atoms in total. The maximum absolute atomic E-state index is 9.36. The van der Waals surface area contributed by atoms with Crippen LogP contribution in [-0.2, 0) is 12.0 Å². The van der Waals surface area contributed by atoms with Crippen LogP contribution in [0.5, 0.6) is 5.75 Å². The summed E-state index contributed by atoms with van der Waals surface area (Å²) in [6, 6.07) is 15.3. The summed E-state index contributed by atoms with van der Waals surface area (Å²) in [4.78, 5) is 0. The molecule has 2 rings (SSSR count). The standard InChI is InChI=1S/C17H18N2O/c1-17(2,11-19)15-8-12(10-18)7-14(9-15)13-3-5-16(20)6-4-13/h3-9,20H,10,18H2,1-2H3. The van der Waals surface area contributed by atoms with E-state index >= 15 is 0 Å². The molecule has 0 unspecified atom stereocenters. The highest BCUT2D eigenvalue weighted by Gasteiger charge is 2.21. The Labute approximate surface area is 119 Å². The summed E-state index contributed by atoms with van der Waals surface area (Å²) in [6.45, 7) is 4.22. The van der Waals surface area contributed by atoms with Gasteiger partial charge in [0.2, 0.25) is 0 Å². The van der Waals surface area contributed by atoms with Gasteiger partial charge in [-0.15, -0.1) is 0 Å². The van der Waals surface area contributed by atoms with Crippen molar-refractivity contribution in [2.24, 2.45) is 5.73 Å². The summed E-state index contributed by atoms with van der Waals surface area (Å²) in [6.07, 6.45) is 0. The number of nitrogens with zero attached hydrogens (tertiary/aromatic N) is 1. The van der Waals surface area contributed by atoms with Gasteiger partial charge in [-0.3, -0.25) is 0 Å². The number of rotatable bonds is 3. The molecule has 3 heteroatoms. The maximum Gasteiger partial charge on any atom is 0.115 e. The average molecular weight is 266 g/mol. The van der Waals surface area contributed by atoms with Gasteiger partial charge in [0.1, 0.15) is 5.75 Å². The lowest BCUT2D eigenvalue weighted by molar-refractivity contribution is 0.475. The first-order valence-electron chi connectivity index (χ1n) is 6.51. The number of nitrogens with two attached hydrogens (primary N) is 1. The Bertz CT molecular complexity index is 652. The summed E-state index contributed by atoms with van der Waals surface area (Å²) in [5.41, 5.74) is 9.14. The molecule has 2 aromatic rings. The van der Waals surface area contributed by atoms with Crippen LogP contribution in [0.3, 0.4) is 0 Å². The van der Waals surface area contributed by atoms with Crippen LogP contribution in [0.25, 0.3) is 11.1 Å². The number of nitriles is 1. The predicted molar refractivity (Wildman–Crippen MR) is 80.1 cm³/mol. The van der Waals surface area contributed by atoms with Crippen molar-refractivity contribution in [2.45, 2.75) is 25.8 Å². The van der Waals surface area contributed by atoms with Gasteiger partial charge in [-0.1, -0.05) is 18.2 Å². The lowest BCUT2D eigenvalue weighted by Crippen LogP contribution is -2.15. The molecule has 0 spiro atoms. The zero-order valence-electron chi connectivity index (χ0n) is 11.7. The fraction of sp³-hybridized carbons (Fsp3) is 0.235. The van der Waals surface area contributed by atoms with E-state index in [4.69, 9.17) is 5.73 Å². The van der Waals surface area contributed by atoms with E-state index < -0.39 is 5.41 Å². The van der Waals surface area contributed by atoms with E-state index in [1.165, 1.54) is 0 Å². The van der Waals surface area contributed by atoms with E-state index in [0.717, 1.165) is 22.3 Å². The number of phenols is 1. The number of benzene rings is 2. The minimum Gasteiger partial charge on any atom is -0.508 e. The Hall–Kier alpha value is -2.31.